The Kier molecular flexibility index (Phi) is 3.42. The van der Waals surface area contributed by atoms with Crippen LogP contribution in [0.3, 0.4) is 0 Å². The largest absolute Gasteiger partial charge is 0.459 e. The van der Waals surface area contributed by atoms with Gasteiger partial charge in [0.05, 0.1) is 12.8 Å². The van der Waals surface area contributed by atoms with Crippen molar-refractivity contribution in [1.82, 2.24) is 20.0 Å². The summed E-state index contributed by atoms with van der Waals surface area (Å²) in [5.41, 5.74) is 0. The monoisotopic (exact) mass is 302 g/mol. The van der Waals surface area contributed by atoms with Gasteiger partial charge in [-0.3, -0.25) is 9.69 Å². The van der Waals surface area contributed by atoms with Crippen molar-refractivity contribution in [2.75, 3.05) is 26.2 Å². The quantitative estimate of drug-likeness (QED) is 0.849. The number of carbonyl (C=O) groups is 1. The molecule has 116 valence electrons. The van der Waals surface area contributed by atoms with Gasteiger partial charge in [-0.25, -0.2) is 0 Å². The van der Waals surface area contributed by atoms with E-state index in [0.29, 0.717) is 35.9 Å². The van der Waals surface area contributed by atoms with Crippen LogP contribution >= 0.6 is 0 Å². The molecule has 1 amide bonds. The fourth-order valence-corrected chi connectivity index (χ4v) is 2.72. The molecule has 0 bridgehead atoms. The van der Waals surface area contributed by atoms with E-state index in [4.69, 9.17) is 8.83 Å². The second-order valence-electron chi connectivity index (χ2n) is 5.85. The molecule has 1 saturated heterocycles. The van der Waals surface area contributed by atoms with E-state index in [9.17, 15) is 4.79 Å². The maximum atomic E-state index is 12.0. The van der Waals surface area contributed by atoms with Gasteiger partial charge in [0.1, 0.15) is 0 Å². The molecule has 2 aromatic heterocycles. The molecule has 0 aromatic carbocycles. The number of amides is 1. The Morgan fingerprint density at radius 2 is 2.05 bits per heavy atom. The van der Waals surface area contributed by atoms with Crippen LogP contribution in [-0.4, -0.2) is 52.1 Å². The van der Waals surface area contributed by atoms with Gasteiger partial charge in [0.2, 0.25) is 11.8 Å². The standard InChI is InChI=1S/C15H18N4O3/c20-15(11-3-4-11)19-7-5-18(6-8-19)10-13-16-17-14(22-13)12-2-1-9-21-12/h1-2,9,11H,3-8,10H2. The summed E-state index contributed by atoms with van der Waals surface area (Å²) in [7, 11) is 0. The highest BCUT2D eigenvalue weighted by Crippen LogP contribution is 2.31. The molecule has 3 heterocycles. The minimum Gasteiger partial charge on any atom is -0.459 e. The van der Waals surface area contributed by atoms with Crippen LogP contribution in [0.4, 0.5) is 0 Å². The molecule has 1 aliphatic heterocycles. The summed E-state index contributed by atoms with van der Waals surface area (Å²) < 4.78 is 10.9. The first-order chi connectivity index (χ1) is 10.8. The number of aromatic nitrogens is 2. The summed E-state index contributed by atoms with van der Waals surface area (Å²) in [5.74, 6) is 2.20. The van der Waals surface area contributed by atoms with E-state index in [0.717, 1.165) is 39.0 Å². The van der Waals surface area contributed by atoms with Crippen molar-refractivity contribution in [3.8, 4) is 11.7 Å². The van der Waals surface area contributed by atoms with Gasteiger partial charge in [0.15, 0.2) is 5.76 Å². The minimum absolute atomic E-state index is 0.304. The Morgan fingerprint density at radius 1 is 1.23 bits per heavy atom. The Hall–Kier alpha value is -2.15. The number of rotatable bonds is 4. The van der Waals surface area contributed by atoms with Crippen LogP contribution < -0.4 is 0 Å². The molecule has 2 aliphatic rings. The van der Waals surface area contributed by atoms with Crippen LogP contribution in [-0.2, 0) is 11.3 Å². The summed E-state index contributed by atoms with van der Waals surface area (Å²) in [6.07, 6.45) is 3.71. The lowest BCUT2D eigenvalue weighted by atomic mass is 10.2. The lowest BCUT2D eigenvalue weighted by Gasteiger charge is -2.34. The highest BCUT2D eigenvalue weighted by atomic mass is 16.4. The number of hydrogen-bond acceptors (Lipinski definition) is 6. The first kappa shape index (κ1) is 13.5. The van der Waals surface area contributed by atoms with Gasteiger partial charge in [-0.05, 0) is 25.0 Å². The Labute approximate surface area is 127 Å². The van der Waals surface area contributed by atoms with Crippen molar-refractivity contribution in [1.29, 1.82) is 0 Å². The summed E-state index contributed by atoms with van der Waals surface area (Å²) in [6.45, 7) is 3.87. The third-order valence-electron chi connectivity index (χ3n) is 4.17. The van der Waals surface area contributed by atoms with Crippen LogP contribution in [0.1, 0.15) is 18.7 Å². The topological polar surface area (TPSA) is 75.6 Å². The van der Waals surface area contributed by atoms with Gasteiger partial charge in [-0.1, -0.05) is 0 Å². The molecule has 1 saturated carbocycles. The lowest BCUT2D eigenvalue weighted by molar-refractivity contribution is -0.134. The Morgan fingerprint density at radius 3 is 2.73 bits per heavy atom. The van der Waals surface area contributed by atoms with E-state index in [1.807, 2.05) is 4.90 Å². The summed E-state index contributed by atoms with van der Waals surface area (Å²) in [4.78, 5) is 16.2. The molecule has 7 heteroatoms. The number of furan rings is 1. The lowest BCUT2D eigenvalue weighted by Crippen LogP contribution is -2.48. The van der Waals surface area contributed by atoms with Crippen molar-refractivity contribution in [3.05, 3.63) is 24.3 Å². The second-order valence-corrected chi connectivity index (χ2v) is 5.85. The van der Waals surface area contributed by atoms with Crippen molar-refractivity contribution in [2.45, 2.75) is 19.4 Å². The van der Waals surface area contributed by atoms with Gasteiger partial charge in [-0.2, -0.15) is 0 Å². The summed E-state index contributed by atoms with van der Waals surface area (Å²) in [5, 5.41) is 8.06. The average molecular weight is 302 g/mol. The molecule has 22 heavy (non-hydrogen) atoms. The predicted molar refractivity (Wildman–Crippen MR) is 76.6 cm³/mol. The number of piperazine rings is 1. The number of nitrogens with zero attached hydrogens (tertiary/aromatic N) is 4. The third kappa shape index (κ3) is 2.76. The molecule has 2 fully saturated rings. The summed E-state index contributed by atoms with van der Waals surface area (Å²) >= 11 is 0. The van der Waals surface area contributed by atoms with Gasteiger partial charge in [-0.15, -0.1) is 10.2 Å². The van der Waals surface area contributed by atoms with E-state index >= 15 is 0 Å². The van der Waals surface area contributed by atoms with Gasteiger partial charge in [0.25, 0.3) is 5.89 Å². The maximum Gasteiger partial charge on any atom is 0.283 e. The molecule has 0 atom stereocenters. The van der Waals surface area contributed by atoms with Gasteiger partial charge < -0.3 is 13.7 Å². The molecular weight excluding hydrogens is 284 g/mol. The molecule has 4 rings (SSSR count). The molecule has 1 aliphatic carbocycles. The van der Waals surface area contributed by atoms with Crippen LogP contribution in [0.25, 0.3) is 11.7 Å². The highest BCUT2D eigenvalue weighted by Gasteiger charge is 2.34. The van der Waals surface area contributed by atoms with E-state index in [1.54, 1.807) is 18.4 Å². The zero-order chi connectivity index (χ0) is 14.9. The third-order valence-corrected chi connectivity index (χ3v) is 4.17. The molecule has 0 unspecified atom stereocenters. The Balaban J connectivity index is 1.32. The van der Waals surface area contributed by atoms with Crippen LogP contribution in [0.2, 0.25) is 0 Å². The molecule has 7 nitrogen and oxygen atoms in total. The first-order valence-electron chi connectivity index (χ1n) is 7.67. The molecule has 0 radical (unpaired) electrons. The van der Waals surface area contributed by atoms with Gasteiger partial charge >= 0.3 is 0 Å². The van der Waals surface area contributed by atoms with E-state index in [1.165, 1.54) is 0 Å². The molecule has 2 aromatic rings. The first-order valence-corrected chi connectivity index (χ1v) is 7.67. The van der Waals surface area contributed by atoms with E-state index in [2.05, 4.69) is 15.1 Å². The zero-order valence-corrected chi connectivity index (χ0v) is 12.3. The van der Waals surface area contributed by atoms with Crippen molar-refractivity contribution >= 4 is 5.91 Å². The fourth-order valence-electron chi connectivity index (χ4n) is 2.72. The van der Waals surface area contributed by atoms with Crippen LogP contribution in [0.15, 0.2) is 27.2 Å². The Bertz CT molecular complexity index is 640. The van der Waals surface area contributed by atoms with Crippen LogP contribution in [0, 0.1) is 5.92 Å². The fraction of sp³-hybridized carbons (Fsp3) is 0.533. The minimum atomic E-state index is 0.304. The van der Waals surface area contributed by atoms with E-state index < -0.39 is 0 Å². The average Bonchev–Trinajstić information content (AvgIpc) is 3.05. The van der Waals surface area contributed by atoms with Gasteiger partial charge in [0, 0.05) is 32.1 Å². The smallest absolute Gasteiger partial charge is 0.283 e. The second kappa shape index (κ2) is 5.57. The van der Waals surface area contributed by atoms with Crippen LogP contribution in [0.5, 0.6) is 0 Å². The predicted octanol–water partition coefficient (Wildman–Crippen LogP) is 1.38. The van der Waals surface area contributed by atoms with Crippen molar-refractivity contribution < 1.29 is 13.6 Å². The zero-order valence-electron chi connectivity index (χ0n) is 12.3. The SMILES string of the molecule is O=C(C1CC1)N1CCN(Cc2nnc(-c3ccco3)o2)CC1. The normalized spacial score (nSPS) is 19.5. The highest BCUT2D eigenvalue weighted by molar-refractivity contribution is 5.81. The molecule has 0 spiro atoms. The molecule has 0 N–H and O–H groups in total. The molecular formula is C15H18N4O3. The summed E-state index contributed by atoms with van der Waals surface area (Å²) in [6, 6.07) is 3.58. The van der Waals surface area contributed by atoms with Crippen molar-refractivity contribution in [3.63, 3.8) is 0 Å². The van der Waals surface area contributed by atoms with Crippen molar-refractivity contribution in [2.24, 2.45) is 5.92 Å². The van der Waals surface area contributed by atoms with E-state index in [-0.39, 0.29) is 0 Å². The number of hydrogen-bond donors (Lipinski definition) is 0. The number of carbonyl (C=O) groups excluding carboxylic acids is 1. The maximum absolute atomic E-state index is 12.0.